The van der Waals surface area contributed by atoms with Crippen molar-refractivity contribution in [2.45, 2.75) is 25.6 Å². The first kappa shape index (κ1) is 7.05. The smallest absolute Gasteiger partial charge is 0.162 e. The van der Waals surface area contributed by atoms with Crippen LogP contribution in [0, 0.1) is 0 Å². The highest BCUT2D eigenvalue weighted by Crippen LogP contribution is 2.07. The van der Waals surface area contributed by atoms with E-state index in [-0.39, 0.29) is 6.17 Å². The minimum absolute atomic E-state index is 0.00463. The van der Waals surface area contributed by atoms with Crippen LogP contribution in [-0.2, 0) is 0 Å². The van der Waals surface area contributed by atoms with Crippen LogP contribution < -0.4 is 11.1 Å². The van der Waals surface area contributed by atoms with Crippen LogP contribution in [0.15, 0.2) is 9.98 Å². The van der Waals surface area contributed by atoms with Crippen LogP contribution >= 0.6 is 0 Å². The molecule has 56 valence electrons. The summed E-state index contributed by atoms with van der Waals surface area (Å²) in [7, 11) is 0. The van der Waals surface area contributed by atoms with E-state index in [0.29, 0.717) is 6.04 Å². The average molecular weight is 140 g/mol. The zero-order valence-electron chi connectivity index (χ0n) is 5.99. The molecule has 0 aromatic carbocycles. The lowest BCUT2D eigenvalue weighted by Crippen LogP contribution is -2.30. The van der Waals surface area contributed by atoms with E-state index < -0.39 is 0 Å². The van der Waals surface area contributed by atoms with Crippen LogP contribution in [0.3, 0.4) is 0 Å². The van der Waals surface area contributed by atoms with E-state index >= 15 is 0 Å². The van der Waals surface area contributed by atoms with Crippen molar-refractivity contribution in [3.05, 3.63) is 0 Å². The van der Waals surface area contributed by atoms with E-state index in [2.05, 4.69) is 22.2 Å². The molecule has 0 aromatic heterocycles. The second kappa shape index (κ2) is 3.20. The van der Waals surface area contributed by atoms with Gasteiger partial charge in [-0.2, -0.15) is 0 Å². The van der Waals surface area contributed by atoms with Crippen LogP contribution in [-0.4, -0.2) is 24.9 Å². The van der Waals surface area contributed by atoms with Gasteiger partial charge in [-0.3, -0.25) is 0 Å². The zero-order valence-corrected chi connectivity index (χ0v) is 5.99. The first-order chi connectivity index (χ1) is 4.88. The number of rotatable bonds is 2. The molecular weight excluding hydrogens is 128 g/mol. The molecule has 0 amide bonds. The third kappa shape index (κ3) is 1.26. The summed E-state index contributed by atoms with van der Waals surface area (Å²) in [6.45, 7) is 2.09. The molecule has 0 saturated heterocycles. The second-order valence-electron chi connectivity index (χ2n) is 2.17. The van der Waals surface area contributed by atoms with Gasteiger partial charge >= 0.3 is 0 Å². The monoisotopic (exact) mass is 140 g/mol. The molecule has 1 heterocycles. The quantitative estimate of drug-likeness (QED) is 0.409. The van der Waals surface area contributed by atoms with Crippen LogP contribution in [0.1, 0.15) is 13.3 Å². The standard InChI is InChI=1S/C6H12N4/c1-2-5-6(8-3-7)10-4-9-5/h3-6H,2H2,1H3,(H2,7,8)(H,9,10). The molecule has 0 radical (unpaired) electrons. The van der Waals surface area contributed by atoms with Gasteiger partial charge in [0.1, 0.15) is 0 Å². The van der Waals surface area contributed by atoms with Gasteiger partial charge in [0.25, 0.3) is 0 Å². The van der Waals surface area contributed by atoms with Crippen LogP contribution in [0.4, 0.5) is 0 Å². The molecule has 1 aliphatic heterocycles. The molecule has 0 aliphatic carbocycles. The minimum Gasteiger partial charge on any atom is -0.390 e. The molecule has 0 saturated carbocycles. The normalized spacial score (nSPS) is 31.3. The topological polar surface area (TPSA) is 62.8 Å². The maximum absolute atomic E-state index is 5.13. The van der Waals surface area contributed by atoms with Crippen molar-refractivity contribution in [1.29, 1.82) is 0 Å². The maximum atomic E-state index is 5.13. The van der Waals surface area contributed by atoms with Crippen molar-refractivity contribution in [2.75, 3.05) is 0 Å². The summed E-state index contributed by atoms with van der Waals surface area (Å²) in [4.78, 5) is 8.03. The fourth-order valence-corrected chi connectivity index (χ4v) is 0.964. The molecule has 2 atom stereocenters. The van der Waals surface area contributed by atoms with Gasteiger partial charge in [0, 0.05) is 0 Å². The lowest BCUT2D eigenvalue weighted by Gasteiger charge is -2.10. The highest BCUT2D eigenvalue weighted by atomic mass is 15.2. The van der Waals surface area contributed by atoms with Gasteiger partial charge in [0.15, 0.2) is 6.17 Å². The van der Waals surface area contributed by atoms with Gasteiger partial charge in [-0.15, -0.1) is 0 Å². The van der Waals surface area contributed by atoms with Gasteiger partial charge in [-0.1, -0.05) is 6.92 Å². The Bertz CT molecular complexity index is 152. The summed E-state index contributed by atoms with van der Waals surface area (Å²) in [5.41, 5.74) is 5.13. The molecule has 3 N–H and O–H groups in total. The van der Waals surface area contributed by atoms with E-state index in [9.17, 15) is 0 Å². The van der Waals surface area contributed by atoms with Gasteiger partial charge in [0.2, 0.25) is 0 Å². The van der Waals surface area contributed by atoms with Gasteiger partial charge in [0.05, 0.1) is 18.7 Å². The maximum Gasteiger partial charge on any atom is 0.162 e. The number of nitrogens with one attached hydrogen (secondary N) is 1. The van der Waals surface area contributed by atoms with Crippen molar-refractivity contribution in [1.82, 2.24) is 5.32 Å². The Morgan fingerprint density at radius 2 is 2.70 bits per heavy atom. The van der Waals surface area contributed by atoms with Crippen molar-refractivity contribution in [2.24, 2.45) is 15.7 Å². The third-order valence-corrected chi connectivity index (χ3v) is 1.55. The van der Waals surface area contributed by atoms with E-state index in [4.69, 9.17) is 5.73 Å². The zero-order chi connectivity index (χ0) is 7.40. The first-order valence-corrected chi connectivity index (χ1v) is 3.39. The lowest BCUT2D eigenvalue weighted by molar-refractivity contribution is 0.527. The highest BCUT2D eigenvalue weighted by Gasteiger charge is 2.19. The molecule has 1 rings (SSSR count). The van der Waals surface area contributed by atoms with Crippen molar-refractivity contribution >= 4 is 12.7 Å². The fraction of sp³-hybridized carbons (Fsp3) is 0.667. The van der Waals surface area contributed by atoms with Crippen molar-refractivity contribution in [3.8, 4) is 0 Å². The molecule has 0 aromatic rings. The van der Waals surface area contributed by atoms with E-state index in [1.165, 1.54) is 6.34 Å². The summed E-state index contributed by atoms with van der Waals surface area (Å²) in [6, 6.07) is 0.333. The van der Waals surface area contributed by atoms with Gasteiger partial charge in [-0.05, 0) is 6.42 Å². The second-order valence-corrected chi connectivity index (χ2v) is 2.17. The Kier molecular flexibility index (Phi) is 2.25. The predicted molar refractivity (Wildman–Crippen MR) is 42.2 cm³/mol. The number of aliphatic imine (C=N–C) groups is 2. The minimum atomic E-state index is -0.00463. The lowest BCUT2D eigenvalue weighted by atomic mass is 10.2. The third-order valence-electron chi connectivity index (χ3n) is 1.55. The molecule has 2 unspecified atom stereocenters. The number of hydrogen-bond acceptors (Lipinski definition) is 3. The molecule has 10 heavy (non-hydrogen) atoms. The summed E-state index contributed by atoms with van der Waals surface area (Å²) in [5.74, 6) is 0. The Morgan fingerprint density at radius 3 is 3.30 bits per heavy atom. The SMILES string of the molecule is CCC1NC=NC1N=CN. The largest absolute Gasteiger partial charge is 0.390 e. The van der Waals surface area contributed by atoms with Crippen molar-refractivity contribution in [3.63, 3.8) is 0 Å². The summed E-state index contributed by atoms with van der Waals surface area (Å²) < 4.78 is 0. The fourth-order valence-electron chi connectivity index (χ4n) is 0.964. The number of nitrogens with zero attached hydrogens (tertiary/aromatic N) is 2. The molecule has 1 aliphatic rings. The molecule has 0 bridgehead atoms. The van der Waals surface area contributed by atoms with Crippen molar-refractivity contribution < 1.29 is 0 Å². The van der Waals surface area contributed by atoms with Gasteiger partial charge in [-0.25, -0.2) is 9.98 Å². The van der Waals surface area contributed by atoms with Crippen LogP contribution in [0.5, 0.6) is 0 Å². The Morgan fingerprint density at radius 1 is 1.90 bits per heavy atom. The van der Waals surface area contributed by atoms with Gasteiger partial charge < -0.3 is 11.1 Å². The van der Waals surface area contributed by atoms with Crippen LogP contribution in [0.2, 0.25) is 0 Å². The predicted octanol–water partition coefficient (Wildman–Crippen LogP) is -0.290. The molecule has 4 nitrogen and oxygen atoms in total. The molecule has 0 fully saturated rings. The molecule has 0 spiro atoms. The summed E-state index contributed by atoms with van der Waals surface area (Å²) in [5, 5.41) is 3.08. The highest BCUT2D eigenvalue weighted by molar-refractivity contribution is 5.59. The molecule has 4 heteroatoms. The summed E-state index contributed by atoms with van der Waals surface area (Å²) >= 11 is 0. The first-order valence-electron chi connectivity index (χ1n) is 3.39. The summed E-state index contributed by atoms with van der Waals surface area (Å²) in [6.07, 6.45) is 4.00. The van der Waals surface area contributed by atoms with E-state index in [1.807, 2.05) is 0 Å². The Balaban J connectivity index is 2.48. The Hall–Kier alpha value is -1.06. The van der Waals surface area contributed by atoms with Crippen LogP contribution in [0.25, 0.3) is 0 Å². The van der Waals surface area contributed by atoms with E-state index in [1.54, 1.807) is 6.34 Å². The number of hydrogen-bond donors (Lipinski definition) is 2. The number of nitrogens with two attached hydrogens (primary N) is 1. The average Bonchev–Trinajstić information content (AvgIpc) is 2.36. The van der Waals surface area contributed by atoms with E-state index in [0.717, 1.165) is 6.42 Å². The molecular formula is C6H12N4. The Labute approximate surface area is 60.2 Å².